The minimum Gasteiger partial charge on any atom is -0.493 e. The number of hydrogen-bond acceptors (Lipinski definition) is 10. The Bertz CT molecular complexity index is 1430. The second-order valence-electron chi connectivity index (χ2n) is 9.11. The van der Waals surface area contributed by atoms with Crippen molar-refractivity contribution in [3.8, 4) is 11.5 Å². The zero-order valence-corrected chi connectivity index (χ0v) is 21.7. The highest BCUT2D eigenvalue weighted by Gasteiger charge is 2.46. The van der Waals surface area contributed by atoms with Gasteiger partial charge in [-0.05, 0) is 29.7 Å². The molecule has 0 spiro atoms. The molecule has 1 saturated heterocycles. The Labute approximate surface area is 225 Å². The number of nitrogens with one attached hydrogen (secondary N) is 2. The van der Waals surface area contributed by atoms with Gasteiger partial charge in [-0.15, -0.1) is 0 Å². The van der Waals surface area contributed by atoms with Gasteiger partial charge in [0.15, 0.2) is 40.8 Å². The summed E-state index contributed by atoms with van der Waals surface area (Å²) < 4.78 is 18.8. The van der Waals surface area contributed by atoms with Crippen molar-refractivity contribution in [2.75, 3.05) is 26.0 Å². The van der Waals surface area contributed by atoms with E-state index in [1.807, 2.05) is 48.5 Å². The number of nitrogens with two attached hydrogens (primary N) is 1. The van der Waals surface area contributed by atoms with Gasteiger partial charge >= 0.3 is 0 Å². The molecular formula is C27H31N7O5. The molecule has 4 unspecified atom stereocenters. The van der Waals surface area contributed by atoms with E-state index in [1.165, 1.54) is 19.7 Å². The number of methoxy groups -OCH3 is 1. The van der Waals surface area contributed by atoms with E-state index in [0.29, 0.717) is 48.1 Å². The number of aliphatic hydroxyl groups is 1. The molecule has 5 N–H and O–H groups in total. The lowest BCUT2D eigenvalue weighted by atomic mass is 10.1. The van der Waals surface area contributed by atoms with Crippen LogP contribution < -0.4 is 25.8 Å². The SMILES string of the molecule is CNC(=O)C1OC(n2cnc3c(NCCc4ccc(OC)c(OCc5ccccc5)c4)ncnc32)C(O)C1N. The van der Waals surface area contributed by atoms with Crippen LogP contribution in [0.15, 0.2) is 61.2 Å². The molecule has 4 aromatic rings. The van der Waals surface area contributed by atoms with Gasteiger partial charge in [-0.3, -0.25) is 9.36 Å². The lowest BCUT2D eigenvalue weighted by molar-refractivity contribution is -0.134. The number of aromatic nitrogens is 4. The van der Waals surface area contributed by atoms with Gasteiger partial charge in [-0.25, -0.2) is 15.0 Å². The Balaban J connectivity index is 1.26. The fourth-order valence-electron chi connectivity index (χ4n) is 4.52. The minimum atomic E-state index is -1.12. The maximum absolute atomic E-state index is 12.1. The molecule has 2 aromatic carbocycles. The zero-order valence-electron chi connectivity index (χ0n) is 21.7. The normalized spacial score (nSPS) is 20.6. The molecule has 4 atom stereocenters. The van der Waals surface area contributed by atoms with Crippen LogP contribution in [0, 0.1) is 0 Å². The highest BCUT2D eigenvalue weighted by atomic mass is 16.5. The van der Waals surface area contributed by atoms with Crippen molar-refractivity contribution in [2.24, 2.45) is 5.73 Å². The number of hydrogen-bond donors (Lipinski definition) is 4. The van der Waals surface area contributed by atoms with Gasteiger partial charge in [0, 0.05) is 13.6 Å². The molecule has 0 saturated carbocycles. The first kappa shape index (κ1) is 26.4. The molecule has 1 aliphatic heterocycles. The molecule has 39 heavy (non-hydrogen) atoms. The Morgan fingerprint density at radius 1 is 1.13 bits per heavy atom. The third kappa shape index (κ3) is 5.48. The number of fused-ring (bicyclic) bond motifs is 1. The number of ether oxygens (including phenoxy) is 3. The number of carbonyl (C=O) groups excluding carboxylic acids is 1. The summed E-state index contributed by atoms with van der Waals surface area (Å²) in [7, 11) is 3.11. The molecular weight excluding hydrogens is 502 g/mol. The fraction of sp³-hybridized carbons (Fsp3) is 0.333. The van der Waals surface area contributed by atoms with Crippen LogP contribution in [0.25, 0.3) is 11.2 Å². The number of rotatable bonds is 10. The molecule has 204 valence electrons. The number of carbonyl (C=O) groups is 1. The molecule has 1 aliphatic rings. The zero-order chi connectivity index (χ0) is 27.4. The van der Waals surface area contributed by atoms with Crippen molar-refractivity contribution >= 4 is 22.9 Å². The van der Waals surface area contributed by atoms with Gasteiger partial charge in [-0.1, -0.05) is 36.4 Å². The van der Waals surface area contributed by atoms with E-state index in [2.05, 4.69) is 25.6 Å². The van der Waals surface area contributed by atoms with Crippen LogP contribution in [0.3, 0.4) is 0 Å². The number of benzene rings is 2. The largest absolute Gasteiger partial charge is 0.493 e. The molecule has 1 fully saturated rings. The molecule has 5 rings (SSSR count). The van der Waals surface area contributed by atoms with E-state index in [0.717, 1.165) is 11.1 Å². The summed E-state index contributed by atoms with van der Waals surface area (Å²) in [5, 5.41) is 16.5. The molecule has 12 nitrogen and oxygen atoms in total. The standard InChI is InChI=1S/C27H31N7O5/c1-29-26(36)23-20(28)22(35)27(39-23)34-15-33-21-24(31-14-32-25(21)34)30-11-10-16-8-9-18(37-2)19(12-16)38-13-17-6-4-3-5-7-17/h3-9,12,14-15,20,22-23,27,35H,10-11,13,28H2,1-2H3,(H,29,36)(H,30,31,32). The predicted molar refractivity (Wildman–Crippen MR) is 143 cm³/mol. The van der Waals surface area contributed by atoms with Crippen LogP contribution in [0.4, 0.5) is 5.82 Å². The first-order valence-electron chi connectivity index (χ1n) is 12.6. The molecule has 2 aromatic heterocycles. The van der Waals surface area contributed by atoms with Crippen molar-refractivity contribution in [3.63, 3.8) is 0 Å². The molecule has 0 radical (unpaired) electrons. The quantitative estimate of drug-likeness (QED) is 0.235. The third-order valence-electron chi connectivity index (χ3n) is 6.63. The van der Waals surface area contributed by atoms with Crippen molar-refractivity contribution in [3.05, 3.63) is 72.3 Å². The highest BCUT2D eigenvalue weighted by Crippen LogP contribution is 2.32. The van der Waals surface area contributed by atoms with Crippen LogP contribution >= 0.6 is 0 Å². The van der Waals surface area contributed by atoms with Gasteiger partial charge < -0.3 is 35.7 Å². The summed E-state index contributed by atoms with van der Waals surface area (Å²) >= 11 is 0. The lowest BCUT2D eigenvalue weighted by Gasteiger charge is -2.16. The predicted octanol–water partition coefficient (Wildman–Crippen LogP) is 1.40. The Kier molecular flexibility index (Phi) is 7.87. The summed E-state index contributed by atoms with van der Waals surface area (Å²) in [6, 6.07) is 14.9. The summed E-state index contributed by atoms with van der Waals surface area (Å²) in [6.45, 7) is 1.00. The lowest BCUT2D eigenvalue weighted by Crippen LogP contribution is -2.46. The minimum absolute atomic E-state index is 0.405. The summed E-state index contributed by atoms with van der Waals surface area (Å²) in [4.78, 5) is 25.2. The number of nitrogens with zero attached hydrogens (tertiary/aromatic N) is 4. The Morgan fingerprint density at radius 2 is 1.95 bits per heavy atom. The van der Waals surface area contributed by atoms with Gasteiger partial charge in [-0.2, -0.15) is 0 Å². The van der Waals surface area contributed by atoms with E-state index < -0.39 is 30.4 Å². The van der Waals surface area contributed by atoms with Crippen molar-refractivity contribution in [2.45, 2.75) is 37.5 Å². The summed E-state index contributed by atoms with van der Waals surface area (Å²) in [6.07, 6.45) is 0.567. The fourth-order valence-corrected chi connectivity index (χ4v) is 4.52. The van der Waals surface area contributed by atoms with E-state index in [4.69, 9.17) is 19.9 Å². The number of amides is 1. The van der Waals surface area contributed by atoms with Crippen LogP contribution in [-0.2, 0) is 22.6 Å². The van der Waals surface area contributed by atoms with E-state index in [1.54, 1.807) is 11.7 Å². The van der Waals surface area contributed by atoms with E-state index in [9.17, 15) is 9.90 Å². The molecule has 1 amide bonds. The average Bonchev–Trinajstić information content (AvgIpc) is 3.53. The molecule has 12 heteroatoms. The topological polar surface area (TPSA) is 159 Å². The summed E-state index contributed by atoms with van der Waals surface area (Å²) in [5.41, 5.74) is 9.11. The number of anilines is 1. The second kappa shape index (κ2) is 11.6. The van der Waals surface area contributed by atoms with Crippen molar-refractivity contribution in [1.82, 2.24) is 24.8 Å². The molecule has 0 aliphatic carbocycles. The number of likely N-dealkylation sites (N-methyl/N-ethyl adjacent to an activating group) is 1. The first-order valence-corrected chi connectivity index (χ1v) is 12.6. The first-order chi connectivity index (χ1) is 19.0. The smallest absolute Gasteiger partial charge is 0.250 e. The van der Waals surface area contributed by atoms with E-state index >= 15 is 0 Å². The monoisotopic (exact) mass is 533 g/mol. The van der Waals surface area contributed by atoms with Gasteiger partial charge in [0.25, 0.3) is 5.91 Å². The Hall–Kier alpha value is -4.26. The Morgan fingerprint density at radius 3 is 2.72 bits per heavy atom. The third-order valence-corrected chi connectivity index (χ3v) is 6.63. The van der Waals surface area contributed by atoms with Gasteiger partial charge in [0.2, 0.25) is 0 Å². The maximum atomic E-state index is 12.1. The number of imidazole rings is 1. The molecule has 3 heterocycles. The van der Waals surface area contributed by atoms with Gasteiger partial charge in [0.05, 0.1) is 19.5 Å². The van der Waals surface area contributed by atoms with E-state index in [-0.39, 0.29) is 0 Å². The maximum Gasteiger partial charge on any atom is 0.250 e. The second-order valence-corrected chi connectivity index (χ2v) is 9.11. The number of aliphatic hydroxyl groups excluding tert-OH is 1. The van der Waals surface area contributed by atoms with Crippen LogP contribution in [0.1, 0.15) is 17.4 Å². The van der Waals surface area contributed by atoms with Crippen LogP contribution in [0.2, 0.25) is 0 Å². The molecule has 0 bridgehead atoms. The van der Waals surface area contributed by atoms with Crippen molar-refractivity contribution in [1.29, 1.82) is 0 Å². The highest BCUT2D eigenvalue weighted by molar-refractivity contribution is 5.83. The average molecular weight is 534 g/mol. The van der Waals surface area contributed by atoms with Gasteiger partial charge in [0.1, 0.15) is 19.0 Å². The van der Waals surface area contributed by atoms with Crippen molar-refractivity contribution < 1.29 is 24.1 Å². The van der Waals surface area contributed by atoms with Crippen LogP contribution in [-0.4, -0.2) is 69.5 Å². The summed E-state index contributed by atoms with van der Waals surface area (Å²) in [5.74, 6) is 1.47. The van der Waals surface area contributed by atoms with Crippen LogP contribution in [0.5, 0.6) is 11.5 Å².